The summed E-state index contributed by atoms with van der Waals surface area (Å²) in [7, 11) is 0. The lowest BCUT2D eigenvalue weighted by Gasteiger charge is -2.09. The molecule has 0 bridgehead atoms. The van der Waals surface area contributed by atoms with Gasteiger partial charge in [0.25, 0.3) is 11.8 Å². The summed E-state index contributed by atoms with van der Waals surface area (Å²) in [5, 5.41) is 5.67. The third kappa shape index (κ3) is 4.91. The van der Waals surface area contributed by atoms with Gasteiger partial charge in [0.15, 0.2) is 0 Å². The van der Waals surface area contributed by atoms with Gasteiger partial charge in [0.1, 0.15) is 5.69 Å². The predicted molar refractivity (Wildman–Crippen MR) is 93.8 cm³/mol. The fourth-order valence-corrected chi connectivity index (χ4v) is 2.17. The molecule has 1 aromatic carbocycles. The van der Waals surface area contributed by atoms with Crippen LogP contribution in [0.4, 0.5) is 0 Å². The largest absolute Gasteiger partial charge is 0.352 e. The molecule has 0 fully saturated rings. The molecular weight excluding hydrogens is 302 g/mol. The molecule has 24 heavy (non-hydrogen) atoms. The van der Waals surface area contributed by atoms with Crippen LogP contribution in [0, 0.1) is 12.8 Å². The monoisotopic (exact) mass is 325 g/mol. The van der Waals surface area contributed by atoms with Crippen LogP contribution in [0.5, 0.6) is 0 Å². The zero-order valence-corrected chi connectivity index (χ0v) is 14.3. The Balaban J connectivity index is 2.01. The number of pyridine rings is 1. The summed E-state index contributed by atoms with van der Waals surface area (Å²) < 4.78 is 0. The van der Waals surface area contributed by atoms with E-state index < -0.39 is 0 Å². The maximum Gasteiger partial charge on any atom is 0.270 e. The molecule has 0 spiro atoms. The third-order valence-electron chi connectivity index (χ3n) is 3.63. The van der Waals surface area contributed by atoms with E-state index in [0.717, 1.165) is 11.1 Å². The van der Waals surface area contributed by atoms with Crippen molar-refractivity contribution in [1.82, 2.24) is 15.6 Å². The van der Waals surface area contributed by atoms with Crippen LogP contribution in [0.2, 0.25) is 0 Å². The Morgan fingerprint density at radius 2 is 1.83 bits per heavy atom. The van der Waals surface area contributed by atoms with Crippen LogP contribution in [-0.2, 0) is 6.54 Å². The lowest BCUT2D eigenvalue weighted by molar-refractivity contribution is 0.0946. The molecule has 0 unspecified atom stereocenters. The van der Waals surface area contributed by atoms with E-state index in [4.69, 9.17) is 0 Å². The number of nitrogens with one attached hydrogen (secondary N) is 2. The summed E-state index contributed by atoms with van der Waals surface area (Å²) in [5.41, 5.74) is 2.84. The number of carbonyl (C=O) groups excluding carboxylic acids is 2. The van der Waals surface area contributed by atoms with E-state index in [9.17, 15) is 9.59 Å². The van der Waals surface area contributed by atoms with Crippen LogP contribution in [-0.4, -0.2) is 23.3 Å². The summed E-state index contributed by atoms with van der Waals surface area (Å²) in [6.45, 7) is 7.07. The van der Waals surface area contributed by atoms with Crippen molar-refractivity contribution in [2.45, 2.75) is 27.3 Å². The van der Waals surface area contributed by atoms with Gasteiger partial charge in [-0.2, -0.15) is 0 Å². The lowest BCUT2D eigenvalue weighted by atomic mass is 10.1. The van der Waals surface area contributed by atoms with Crippen molar-refractivity contribution in [3.8, 4) is 0 Å². The van der Waals surface area contributed by atoms with Crippen molar-refractivity contribution >= 4 is 11.8 Å². The third-order valence-corrected chi connectivity index (χ3v) is 3.63. The summed E-state index contributed by atoms with van der Waals surface area (Å²) in [6, 6.07) is 11.0. The fraction of sp³-hybridized carbons (Fsp3) is 0.316. The summed E-state index contributed by atoms with van der Waals surface area (Å²) in [6.07, 6.45) is 1.48. The average Bonchev–Trinajstić information content (AvgIpc) is 2.58. The second-order valence-electron chi connectivity index (χ2n) is 6.14. The number of aryl methyl sites for hydroxylation is 1. The van der Waals surface area contributed by atoms with Crippen LogP contribution < -0.4 is 10.6 Å². The molecule has 2 N–H and O–H groups in total. The number of aromatic nitrogens is 1. The normalized spacial score (nSPS) is 10.5. The summed E-state index contributed by atoms with van der Waals surface area (Å²) in [4.78, 5) is 28.4. The Labute approximate surface area is 142 Å². The first kappa shape index (κ1) is 17.7. The average molecular weight is 325 g/mol. The molecule has 0 saturated carbocycles. The van der Waals surface area contributed by atoms with E-state index in [0.29, 0.717) is 24.6 Å². The number of rotatable bonds is 6. The molecule has 126 valence electrons. The maximum atomic E-state index is 12.3. The van der Waals surface area contributed by atoms with E-state index in [1.165, 1.54) is 12.3 Å². The van der Waals surface area contributed by atoms with Crippen LogP contribution in [0.1, 0.15) is 45.8 Å². The minimum atomic E-state index is -0.295. The maximum absolute atomic E-state index is 12.3. The molecule has 0 aliphatic carbocycles. The molecule has 0 aliphatic heterocycles. The van der Waals surface area contributed by atoms with Gasteiger partial charge in [-0.05, 0) is 36.1 Å². The molecule has 0 radical (unpaired) electrons. The lowest BCUT2D eigenvalue weighted by Crippen LogP contribution is -2.28. The van der Waals surface area contributed by atoms with E-state index in [-0.39, 0.29) is 17.5 Å². The van der Waals surface area contributed by atoms with E-state index >= 15 is 0 Å². The number of carbonyl (C=O) groups is 2. The topological polar surface area (TPSA) is 71.1 Å². The van der Waals surface area contributed by atoms with Crippen LogP contribution in [0.3, 0.4) is 0 Å². The van der Waals surface area contributed by atoms with E-state index in [2.05, 4.69) is 15.6 Å². The highest BCUT2D eigenvalue weighted by Gasteiger charge is 2.12. The molecule has 5 heteroatoms. The molecule has 0 saturated heterocycles. The van der Waals surface area contributed by atoms with Crippen molar-refractivity contribution in [2.75, 3.05) is 6.54 Å². The van der Waals surface area contributed by atoms with E-state index in [1.807, 2.05) is 45.0 Å². The Kier molecular flexibility index (Phi) is 6.07. The molecule has 2 amide bonds. The zero-order chi connectivity index (χ0) is 17.5. The highest BCUT2D eigenvalue weighted by atomic mass is 16.2. The van der Waals surface area contributed by atoms with Gasteiger partial charge in [-0.3, -0.25) is 14.6 Å². The summed E-state index contributed by atoms with van der Waals surface area (Å²) in [5.74, 6) is -0.122. The van der Waals surface area contributed by atoms with Crippen molar-refractivity contribution in [1.29, 1.82) is 0 Å². The molecule has 2 rings (SSSR count). The van der Waals surface area contributed by atoms with Crippen molar-refractivity contribution in [2.24, 2.45) is 5.92 Å². The van der Waals surface area contributed by atoms with Crippen LogP contribution in [0.15, 0.2) is 42.6 Å². The predicted octanol–water partition coefficient (Wildman–Crippen LogP) is 2.71. The Morgan fingerprint density at radius 1 is 1.08 bits per heavy atom. The molecule has 2 aromatic rings. The Hall–Kier alpha value is -2.69. The van der Waals surface area contributed by atoms with E-state index in [1.54, 1.807) is 6.07 Å². The van der Waals surface area contributed by atoms with Crippen LogP contribution in [0.25, 0.3) is 0 Å². The molecule has 0 aliphatic rings. The minimum absolute atomic E-state index is 0.195. The first-order valence-corrected chi connectivity index (χ1v) is 8.04. The van der Waals surface area contributed by atoms with Gasteiger partial charge in [0, 0.05) is 24.8 Å². The SMILES string of the molecule is Cc1ccccc1CNC(=O)c1cc(C(=O)NCC(C)C)ccn1. The zero-order valence-electron chi connectivity index (χ0n) is 14.3. The number of hydrogen-bond donors (Lipinski definition) is 2. The Bertz CT molecular complexity index is 726. The Morgan fingerprint density at radius 3 is 2.54 bits per heavy atom. The highest BCUT2D eigenvalue weighted by molar-refractivity contribution is 5.98. The molecule has 0 atom stereocenters. The smallest absolute Gasteiger partial charge is 0.270 e. The van der Waals surface area contributed by atoms with Crippen molar-refractivity contribution in [3.05, 3.63) is 65.0 Å². The first-order chi connectivity index (χ1) is 11.5. The molecular formula is C19H23N3O2. The van der Waals surface area contributed by atoms with Crippen molar-refractivity contribution < 1.29 is 9.59 Å². The number of amides is 2. The van der Waals surface area contributed by atoms with Gasteiger partial charge < -0.3 is 10.6 Å². The summed E-state index contributed by atoms with van der Waals surface area (Å²) >= 11 is 0. The second-order valence-corrected chi connectivity index (χ2v) is 6.14. The quantitative estimate of drug-likeness (QED) is 0.858. The highest BCUT2D eigenvalue weighted by Crippen LogP contribution is 2.07. The second kappa shape index (κ2) is 8.24. The number of benzene rings is 1. The van der Waals surface area contributed by atoms with Gasteiger partial charge in [-0.15, -0.1) is 0 Å². The number of nitrogens with zero attached hydrogens (tertiary/aromatic N) is 1. The molecule has 1 aromatic heterocycles. The molecule has 5 nitrogen and oxygen atoms in total. The first-order valence-electron chi connectivity index (χ1n) is 8.04. The minimum Gasteiger partial charge on any atom is -0.352 e. The standard InChI is InChI=1S/C19H23N3O2/c1-13(2)11-21-18(23)15-8-9-20-17(10-15)19(24)22-12-16-7-5-4-6-14(16)3/h4-10,13H,11-12H2,1-3H3,(H,21,23)(H,22,24). The van der Waals surface area contributed by atoms with Gasteiger partial charge in [-0.1, -0.05) is 38.1 Å². The van der Waals surface area contributed by atoms with Gasteiger partial charge in [-0.25, -0.2) is 0 Å². The van der Waals surface area contributed by atoms with Gasteiger partial charge in [0.05, 0.1) is 0 Å². The van der Waals surface area contributed by atoms with Gasteiger partial charge >= 0.3 is 0 Å². The molecule has 1 heterocycles. The number of hydrogen-bond acceptors (Lipinski definition) is 3. The van der Waals surface area contributed by atoms with Crippen molar-refractivity contribution in [3.63, 3.8) is 0 Å². The fourth-order valence-electron chi connectivity index (χ4n) is 2.17. The van der Waals surface area contributed by atoms with Gasteiger partial charge in [0.2, 0.25) is 0 Å². The van der Waals surface area contributed by atoms with Crippen LogP contribution >= 0.6 is 0 Å².